The maximum Gasteiger partial charge on any atom is 0.254 e. The largest absolute Gasteiger partial charge is 0.497 e. The summed E-state index contributed by atoms with van der Waals surface area (Å²) in [6, 6.07) is 14.3. The lowest BCUT2D eigenvalue weighted by molar-refractivity contribution is -0.116. The molecule has 0 aromatic heterocycles. The predicted molar refractivity (Wildman–Crippen MR) is 99.4 cm³/mol. The molecule has 0 atom stereocenters. The van der Waals surface area contributed by atoms with Gasteiger partial charge in [-0.2, -0.15) is 0 Å². The summed E-state index contributed by atoms with van der Waals surface area (Å²) in [5, 5.41) is 2.76. The highest BCUT2D eigenvalue weighted by atomic mass is 16.5. The molecule has 2 aromatic carbocycles. The van der Waals surface area contributed by atoms with Crippen LogP contribution in [0.1, 0.15) is 10.4 Å². The van der Waals surface area contributed by atoms with Crippen LogP contribution in [-0.4, -0.2) is 51.5 Å². The summed E-state index contributed by atoms with van der Waals surface area (Å²) in [6.45, 7) is -0.0307. The number of amides is 2. The number of nitrogens with zero attached hydrogens (tertiary/aromatic N) is 2. The molecule has 0 unspecified atom stereocenters. The number of rotatable bonds is 6. The molecule has 0 saturated carbocycles. The molecule has 0 aliphatic carbocycles. The zero-order chi connectivity index (χ0) is 18.4. The van der Waals surface area contributed by atoms with E-state index < -0.39 is 0 Å². The summed E-state index contributed by atoms with van der Waals surface area (Å²) in [5.41, 5.74) is 2.13. The van der Waals surface area contributed by atoms with E-state index in [9.17, 15) is 9.59 Å². The van der Waals surface area contributed by atoms with Crippen LogP contribution < -0.4 is 15.0 Å². The quantitative estimate of drug-likeness (QED) is 0.877. The average molecular weight is 341 g/mol. The van der Waals surface area contributed by atoms with Crippen molar-refractivity contribution < 1.29 is 14.3 Å². The number of carbonyl (C=O) groups is 2. The lowest BCUT2D eigenvalue weighted by Gasteiger charge is -2.18. The first-order valence-electron chi connectivity index (χ1n) is 7.87. The summed E-state index contributed by atoms with van der Waals surface area (Å²) >= 11 is 0. The minimum absolute atomic E-state index is 0.0307. The fraction of sp³-hybridized carbons (Fsp3) is 0.263. The Morgan fingerprint density at radius 3 is 2.32 bits per heavy atom. The highest BCUT2D eigenvalue weighted by Gasteiger charge is 2.15. The van der Waals surface area contributed by atoms with Crippen LogP contribution in [-0.2, 0) is 4.79 Å². The van der Waals surface area contributed by atoms with Gasteiger partial charge in [-0.05, 0) is 42.5 Å². The van der Waals surface area contributed by atoms with Crippen LogP contribution >= 0.6 is 0 Å². The van der Waals surface area contributed by atoms with Crippen molar-refractivity contribution in [1.82, 2.24) is 4.90 Å². The van der Waals surface area contributed by atoms with Crippen molar-refractivity contribution in [1.29, 1.82) is 0 Å². The Kier molecular flexibility index (Phi) is 6.00. The van der Waals surface area contributed by atoms with Crippen molar-refractivity contribution in [3.8, 4) is 5.75 Å². The van der Waals surface area contributed by atoms with Gasteiger partial charge >= 0.3 is 0 Å². The average Bonchev–Trinajstić information content (AvgIpc) is 2.61. The smallest absolute Gasteiger partial charge is 0.254 e. The molecule has 132 valence electrons. The van der Waals surface area contributed by atoms with Crippen molar-refractivity contribution in [2.24, 2.45) is 0 Å². The number of methoxy groups -OCH3 is 1. The van der Waals surface area contributed by atoms with Gasteiger partial charge in [0.05, 0.1) is 13.7 Å². The molecule has 6 nitrogen and oxygen atoms in total. The zero-order valence-corrected chi connectivity index (χ0v) is 14.9. The Hall–Kier alpha value is -3.02. The first-order valence-corrected chi connectivity index (χ1v) is 7.87. The van der Waals surface area contributed by atoms with Crippen LogP contribution in [0.25, 0.3) is 0 Å². The standard InChI is InChI=1S/C19H23N3O3/c1-21(2)16-7-5-6-14(12-16)19(24)22(3)13-18(23)20-15-8-10-17(25-4)11-9-15/h5-12H,13H2,1-4H3,(H,20,23). The molecule has 1 N–H and O–H groups in total. The molecule has 0 radical (unpaired) electrons. The van der Waals surface area contributed by atoms with E-state index in [1.807, 2.05) is 31.1 Å². The van der Waals surface area contributed by atoms with Gasteiger partial charge in [-0.1, -0.05) is 6.07 Å². The third-order valence-corrected chi connectivity index (χ3v) is 3.71. The number of nitrogens with one attached hydrogen (secondary N) is 1. The minimum atomic E-state index is -0.259. The van der Waals surface area contributed by atoms with Gasteiger partial charge in [0.2, 0.25) is 5.91 Å². The Morgan fingerprint density at radius 1 is 1.04 bits per heavy atom. The van der Waals surface area contributed by atoms with Crippen molar-refractivity contribution in [2.75, 3.05) is 45.0 Å². The monoisotopic (exact) mass is 341 g/mol. The van der Waals surface area contributed by atoms with Gasteiger partial charge < -0.3 is 19.9 Å². The van der Waals surface area contributed by atoms with Crippen LogP contribution in [0.4, 0.5) is 11.4 Å². The second-order valence-electron chi connectivity index (χ2n) is 5.88. The second-order valence-corrected chi connectivity index (χ2v) is 5.88. The molecule has 0 heterocycles. The Morgan fingerprint density at radius 2 is 1.72 bits per heavy atom. The third kappa shape index (κ3) is 4.97. The SMILES string of the molecule is COc1ccc(NC(=O)CN(C)C(=O)c2cccc(N(C)C)c2)cc1. The maximum absolute atomic E-state index is 12.5. The number of benzene rings is 2. The molecule has 2 rings (SSSR count). The van der Waals surface area contributed by atoms with E-state index >= 15 is 0 Å². The predicted octanol–water partition coefficient (Wildman–Crippen LogP) is 2.47. The summed E-state index contributed by atoms with van der Waals surface area (Å²) in [7, 11) is 7.02. The van der Waals surface area contributed by atoms with E-state index in [1.54, 1.807) is 50.6 Å². The van der Waals surface area contributed by atoms with E-state index in [-0.39, 0.29) is 18.4 Å². The van der Waals surface area contributed by atoms with Gasteiger partial charge in [-0.3, -0.25) is 9.59 Å². The van der Waals surface area contributed by atoms with Crippen LogP contribution in [0.2, 0.25) is 0 Å². The van der Waals surface area contributed by atoms with Crippen LogP contribution in [0.15, 0.2) is 48.5 Å². The second kappa shape index (κ2) is 8.19. The van der Waals surface area contributed by atoms with Crippen molar-refractivity contribution in [2.45, 2.75) is 0 Å². The molecule has 0 fully saturated rings. The number of hydrogen-bond acceptors (Lipinski definition) is 4. The zero-order valence-electron chi connectivity index (χ0n) is 14.9. The Bertz CT molecular complexity index is 742. The van der Waals surface area contributed by atoms with Crippen LogP contribution in [0, 0.1) is 0 Å². The molecular formula is C19H23N3O3. The number of carbonyl (C=O) groups excluding carboxylic acids is 2. The Labute approximate surface area is 148 Å². The molecule has 0 aliphatic heterocycles. The molecule has 0 saturated heterocycles. The molecule has 0 spiro atoms. The van der Waals surface area contributed by atoms with Crippen molar-refractivity contribution >= 4 is 23.2 Å². The third-order valence-electron chi connectivity index (χ3n) is 3.71. The van der Waals surface area contributed by atoms with Gasteiger partial charge in [0.1, 0.15) is 5.75 Å². The van der Waals surface area contributed by atoms with Gasteiger partial charge in [0, 0.05) is 38.1 Å². The Balaban J connectivity index is 1.97. The van der Waals surface area contributed by atoms with Crippen molar-refractivity contribution in [3.63, 3.8) is 0 Å². The van der Waals surface area contributed by atoms with Gasteiger partial charge in [-0.25, -0.2) is 0 Å². The first kappa shape index (κ1) is 18.3. The molecular weight excluding hydrogens is 318 g/mol. The molecule has 0 aliphatic rings. The number of ether oxygens (including phenoxy) is 1. The lowest BCUT2D eigenvalue weighted by atomic mass is 10.1. The summed E-state index contributed by atoms with van der Waals surface area (Å²) in [4.78, 5) is 28.0. The molecule has 6 heteroatoms. The van der Waals surface area contributed by atoms with Crippen molar-refractivity contribution in [3.05, 3.63) is 54.1 Å². The molecule has 2 amide bonds. The highest BCUT2D eigenvalue weighted by Crippen LogP contribution is 2.16. The van der Waals surface area contributed by atoms with E-state index in [2.05, 4.69) is 5.32 Å². The van der Waals surface area contributed by atoms with Gasteiger partial charge in [0.15, 0.2) is 0 Å². The fourth-order valence-electron chi connectivity index (χ4n) is 2.30. The van der Waals surface area contributed by atoms with E-state index in [0.717, 1.165) is 5.69 Å². The lowest BCUT2D eigenvalue weighted by Crippen LogP contribution is -2.35. The van der Waals surface area contributed by atoms with E-state index in [1.165, 1.54) is 4.90 Å². The molecule has 2 aromatic rings. The van der Waals surface area contributed by atoms with E-state index in [0.29, 0.717) is 17.0 Å². The molecule has 25 heavy (non-hydrogen) atoms. The van der Waals surface area contributed by atoms with Crippen LogP contribution in [0.5, 0.6) is 5.75 Å². The summed E-state index contributed by atoms with van der Waals surface area (Å²) in [6.07, 6.45) is 0. The first-order chi connectivity index (χ1) is 11.9. The highest BCUT2D eigenvalue weighted by molar-refractivity contribution is 5.99. The van der Waals surface area contributed by atoms with E-state index in [4.69, 9.17) is 4.74 Å². The maximum atomic E-state index is 12.5. The summed E-state index contributed by atoms with van der Waals surface area (Å²) in [5.74, 6) is 0.254. The topological polar surface area (TPSA) is 61.9 Å². The van der Waals surface area contributed by atoms with Gasteiger partial charge in [0.25, 0.3) is 5.91 Å². The normalized spacial score (nSPS) is 10.1. The summed E-state index contributed by atoms with van der Waals surface area (Å²) < 4.78 is 5.08. The number of likely N-dealkylation sites (N-methyl/N-ethyl adjacent to an activating group) is 1. The van der Waals surface area contributed by atoms with Crippen LogP contribution in [0.3, 0.4) is 0 Å². The number of anilines is 2. The number of hydrogen-bond donors (Lipinski definition) is 1. The fourth-order valence-corrected chi connectivity index (χ4v) is 2.30. The molecule has 0 bridgehead atoms. The minimum Gasteiger partial charge on any atom is -0.497 e. The van der Waals surface area contributed by atoms with Gasteiger partial charge in [-0.15, -0.1) is 0 Å².